The lowest BCUT2D eigenvalue weighted by molar-refractivity contribution is 0.100. The lowest BCUT2D eigenvalue weighted by atomic mass is 9.75. The maximum Gasteiger partial charge on any atom is 0.250 e. The van der Waals surface area contributed by atoms with Crippen molar-refractivity contribution in [1.29, 1.82) is 0 Å². The third-order valence-corrected chi connectivity index (χ3v) is 4.37. The van der Waals surface area contributed by atoms with Crippen molar-refractivity contribution in [2.45, 2.75) is 33.6 Å². The monoisotopic (exact) mass is 275 g/mol. The van der Waals surface area contributed by atoms with Gasteiger partial charge in [0.25, 0.3) is 5.91 Å². The van der Waals surface area contributed by atoms with Gasteiger partial charge in [-0.05, 0) is 36.3 Å². The Labute approximate surface area is 121 Å². The van der Waals surface area contributed by atoms with Crippen LogP contribution in [0.25, 0.3) is 0 Å². The Morgan fingerprint density at radius 2 is 1.85 bits per heavy atom. The molecule has 1 aliphatic heterocycles. The molecular formula is C16H25N3O. The molecule has 0 aliphatic carbocycles. The number of hydrogen-bond donors (Lipinski definition) is 2. The second-order valence-corrected chi connectivity index (χ2v) is 6.74. The zero-order valence-corrected chi connectivity index (χ0v) is 12.6. The Hall–Kier alpha value is -1.71. The van der Waals surface area contributed by atoms with Crippen molar-refractivity contribution in [2.24, 2.45) is 17.1 Å². The molecule has 1 aliphatic rings. The molecule has 0 bridgehead atoms. The molecule has 4 heteroatoms. The molecule has 2 rings (SSSR count). The first-order valence-corrected chi connectivity index (χ1v) is 7.24. The fraction of sp³-hybridized carbons (Fsp3) is 0.562. The molecule has 0 aromatic heterocycles. The highest BCUT2D eigenvalue weighted by atomic mass is 16.1. The lowest BCUT2D eigenvalue weighted by Gasteiger charge is -2.40. The van der Waals surface area contributed by atoms with E-state index in [1.165, 1.54) is 0 Å². The second-order valence-electron chi connectivity index (χ2n) is 6.74. The Bertz CT molecular complexity index is 497. The number of nitrogens with two attached hydrogens (primary N) is 2. The Balaban J connectivity index is 2.21. The van der Waals surface area contributed by atoms with Crippen LogP contribution in [0.4, 0.5) is 11.4 Å². The summed E-state index contributed by atoms with van der Waals surface area (Å²) in [4.78, 5) is 13.8. The van der Waals surface area contributed by atoms with Crippen molar-refractivity contribution < 1.29 is 4.79 Å². The molecular weight excluding hydrogens is 250 g/mol. The van der Waals surface area contributed by atoms with E-state index in [2.05, 4.69) is 25.7 Å². The lowest BCUT2D eigenvalue weighted by Crippen LogP contribution is -2.39. The standard InChI is InChI=1S/C16H25N3O/c1-16(2,3)11-7-9-19(10-8-11)14-12(15(18)20)5-4-6-13(14)17/h4-6,11H,7-10,17H2,1-3H3,(H2,18,20). The summed E-state index contributed by atoms with van der Waals surface area (Å²) in [5.74, 6) is 0.297. The van der Waals surface area contributed by atoms with Crippen LogP contribution in [0.1, 0.15) is 44.0 Å². The van der Waals surface area contributed by atoms with E-state index in [1.54, 1.807) is 12.1 Å². The number of carbonyl (C=O) groups excluding carboxylic acids is 1. The van der Waals surface area contributed by atoms with E-state index >= 15 is 0 Å². The van der Waals surface area contributed by atoms with Crippen molar-refractivity contribution in [1.82, 2.24) is 0 Å². The van der Waals surface area contributed by atoms with Crippen molar-refractivity contribution in [3.63, 3.8) is 0 Å². The normalized spacial score (nSPS) is 17.2. The van der Waals surface area contributed by atoms with Crippen LogP contribution in [0, 0.1) is 11.3 Å². The van der Waals surface area contributed by atoms with Gasteiger partial charge in [0.2, 0.25) is 0 Å². The van der Waals surface area contributed by atoms with Crippen molar-refractivity contribution in [3.05, 3.63) is 23.8 Å². The van der Waals surface area contributed by atoms with E-state index in [9.17, 15) is 4.79 Å². The number of amides is 1. The maximum atomic E-state index is 11.6. The minimum absolute atomic E-state index is 0.334. The minimum Gasteiger partial charge on any atom is -0.397 e. The molecule has 0 saturated carbocycles. The predicted molar refractivity (Wildman–Crippen MR) is 83.8 cm³/mol. The summed E-state index contributed by atoms with van der Waals surface area (Å²) in [6.07, 6.45) is 2.24. The quantitative estimate of drug-likeness (QED) is 0.815. The summed E-state index contributed by atoms with van der Waals surface area (Å²) >= 11 is 0. The van der Waals surface area contributed by atoms with Crippen LogP contribution in [0.15, 0.2) is 18.2 Å². The molecule has 0 unspecified atom stereocenters. The molecule has 4 nitrogen and oxygen atoms in total. The molecule has 1 amide bonds. The molecule has 4 N–H and O–H groups in total. The molecule has 0 radical (unpaired) electrons. The van der Waals surface area contributed by atoms with E-state index in [0.717, 1.165) is 31.6 Å². The summed E-state index contributed by atoms with van der Waals surface area (Å²) in [7, 11) is 0. The summed E-state index contributed by atoms with van der Waals surface area (Å²) in [6, 6.07) is 5.36. The third-order valence-electron chi connectivity index (χ3n) is 4.37. The van der Waals surface area contributed by atoms with Gasteiger partial charge in [-0.1, -0.05) is 26.8 Å². The molecule has 1 saturated heterocycles. The van der Waals surface area contributed by atoms with Crippen LogP contribution < -0.4 is 16.4 Å². The Kier molecular flexibility index (Phi) is 3.93. The first kappa shape index (κ1) is 14.7. The number of primary amides is 1. The van der Waals surface area contributed by atoms with E-state index in [-0.39, 0.29) is 0 Å². The third kappa shape index (κ3) is 2.89. The Morgan fingerprint density at radius 1 is 1.25 bits per heavy atom. The number of piperidine rings is 1. The van der Waals surface area contributed by atoms with Crippen LogP contribution in [0.5, 0.6) is 0 Å². The van der Waals surface area contributed by atoms with Gasteiger partial charge in [0, 0.05) is 13.1 Å². The van der Waals surface area contributed by atoms with Crippen molar-refractivity contribution in [3.8, 4) is 0 Å². The van der Waals surface area contributed by atoms with E-state index < -0.39 is 5.91 Å². The molecule has 1 aromatic carbocycles. The highest BCUT2D eigenvalue weighted by Gasteiger charge is 2.30. The average Bonchev–Trinajstić information content (AvgIpc) is 2.37. The second kappa shape index (κ2) is 5.35. The number of benzene rings is 1. The van der Waals surface area contributed by atoms with E-state index in [1.807, 2.05) is 6.07 Å². The number of nitrogens with zero attached hydrogens (tertiary/aromatic N) is 1. The molecule has 1 fully saturated rings. The van der Waals surface area contributed by atoms with Gasteiger partial charge in [0.05, 0.1) is 16.9 Å². The fourth-order valence-electron chi connectivity index (χ4n) is 3.08. The zero-order valence-electron chi connectivity index (χ0n) is 12.6. The van der Waals surface area contributed by atoms with Crippen LogP contribution >= 0.6 is 0 Å². The van der Waals surface area contributed by atoms with Gasteiger partial charge in [0.1, 0.15) is 0 Å². The molecule has 0 spiro atoms. The molecule has 110 valence electrons. The van der Waals surface area contributed by atoms with E-state index in [0.29, 0.717) is 22.6 Å². The SMILES string of the molecule is CC(C)(C)C1CCN(c2c(N)cccc2C(N)=O)CC1. The maximum absolute atomic E-state index is 11.6. The largest absolute Gasteiger partial charge is 0.397 e. The zero-order chi connectivity index (χ0) is 14.9. The molecule has 1 heterocycles. The number of hydrogen-bond acceptors (Lipinski definition) is 3. The minimum atomic E-state index is -0.412. The summed E-state index contributed by atoms with van der Waals surface area (Å²) in [5, 5.41) is 0. The highest BCUT2D eigenvalue weighted by molar-refractivity contribution is 6.01. The number of para-hydroxylation sites is 1. The van der Waals surface area contributed by atoms with Gasteiger partial charge in [-0.2, -0.15) is 0 Å². The Morgan fingerprint density at radius 3 is 2.35 bits per heavy atom. The van der Waals surface area contributed by atoms with Gasteiger partial charge in [-0.25, -0.2) is 0 Å². The summed E-state index contributed by atoms with van der Waals surface area (Å²) in [5.41, 5.74) is 13.8. The van der Waals surface area contributed by atoms with Gasteiger partial charge >= 0.3 is 0 Å². The fourth-order valence-corrected chi connectivity index (χ4v) is 3.08. The van der Waals surface area contributed by atoms with Gasteiger partial charge in [-0.15, -0.1) is 0 Å². The van der Waals surface area contributed by atoms with Gasteiger partial charge in [-0.3, -0.25) is 4.79 Å². The number of rotatable bonds is 2. The highest BCUT2D eigenvalue weighted by Crippen LogP contribution is 2.37. The van der Waals surface area contributed by atoms with Crippen LogP contribution in [0.2, 0.25) is 0 Å². The van der Waals surface area contributed by atoms with E-state index in [4.69, 9.17) is 11.5 Å². The van der Waals surface area contributed by atoms with Crippen LogP contribution in [-0.2, 0) is 0 Å². The van der Waals surface area contributed by atoms with Gasteiger partial charge < -0.3 is 16.4 Å². The first-order valence-electron chi connectivity index (χ1n) is 7.24. The average molecular weight is 275 g/mol. The van der Waals surface area contributed by atoms with Gasteiger partial charge in [0.15, 0.2) is 0 Å². The van der Waals surface area contributed by atoms with Crippen molar-refractivity contribution in [2.75, 3.05) is 23.7 Å². The number of nitrogen functional groups attached to an aromatic ring is 1. The molecule has 20 heavy (non-hydrogen) atoms. The van der Waals surface area contributed by atoms with Crippen molar-refractivity contribution >= 4 is 17.3 Å². The predicted octanol–water partition coefficient (Wildman–Crippen LogP) is 2.63. The first-order chi connectivity index (χ1) is 9.30. The summed E-state index contributed by atoms with van der Waals surface area (Å²) in [6.45, 7) is 8.73. The molecule has 0 atom stereocenters. The van der Waals surface area contributed by atoms with Crippen LogP contribution in [-0.4, -0.2) is 19.0 Å². The topological polar surface area (TPSA) is 72.3 Å². The smallest absolute Gasteiger partial charge is 0.250 e. The summed E-state index contributed by atoms with van der Waals surface area (Å²) < 4.78 is 0. The number of anilines is 2. The van der Waals surface area contributed by atoms with Crippen LogP contribution in [0.3, 0.4) is 0 Å². The number of carbonyl (C=O) groups is 1. The molecule has 1 aromatic rings.